The van der Waals surface area contributed by atoms with Crippen molar-refractivity contribution < 1.29 is 9.72 Å². The predicted octanol–water partition coefficient (Wildman–Crippen LogP) is 3.47. The molecule has 1 heterocycles. The minimum atomic E-state index is -0.369. The normalized spacial score (nSPS) is 16.2. The standard InChI is InChI=1S/C14H17BrN2O3/c1-9-7-14(12(15)8-13(9)17(19)20)16-5-3-11(4-6-16)10(2)18/h7-8,11H,3-6H2,1-2H3. The summed E-state index contributed by atoms with van der Waals surface area (Å²) in [5, 5.41) is 10.9. The Hall–Kier alpha value is -1.43. The first kappa shape index (κ1) is 15.0. The fourth-order valence-electron chi connectivity index (χ4n) is 2.62. The summed E-state index contributed by atoms with van der Waals surface area (Å²) >= 11 is 3.42. The third-order valence-electron chi connectivity index (χ3n) is 3.87. The average Bonchev–Trinajstić information content (AvgIpc) is 2.40. The van der Waals surface area contributed by atoms with Gasteiger partial charge in [0, 0.05) is 35.1 Å². The lowest BCUT2D eigenvalue weighted by atomic mass is 9.93. The van der Waals surface area contributed by atoms with E-state index < -0.39 is 0 Å². The predicted molar refractivity (Wildman–Crippen MR) is 81.2 cm³/mol. The molecular weight excluding hydrogens is 324 g/mol. The SMILES string of the molecule is CC(=O)C1CCN(c2cc(C)c([N+](=O)[O-])cc2Br)CC1. The molecule has 1 fully saturated rings. The Bertz CT molecular complexity index is 552. The van der Waals surface area contributed by atoms with E-state index in [2.05, 4.69) is 20.8 Å². The zero-order valence-corrected chi connectivity index (χ0v) is 13.1. The molecule has 1 aliphatic rings. The highest BCUT2D eigenvalue weighted by molar-refractivity contribution is 9.10. The van der Waals surface area contributed by atoms with E-state index in [0.717, 1.165) is 36.1 Å². The maximum Gasteiger partial charge on any atom is 0.273 e. The van der Waals surface area contributed by atoms with Crippen molar-refractivity contribution in [2.24, 2.45) is 5.92 Å². The second-order valence-electron chi connectivity index (χ2n) is 5.22. The van der Waals surface area contributed by atoms with E-state index in [1.807, 2.05) is 6.07 Å². The van der Waals surface area contributed by atoms with Gasteiger partial charge in [0.1, 0.15) is 5.78 Å². The zero-order chi connectivity index (χ0) is 14.9. The Balaban J connectivity index is 2.20. The summed E-state index contributed by atoms with van der Waals surface area (Å²) in [5.74, 6) is 0.410. The minimum absolute atomic E-state index is 0.124. The van der Waals surface area contributed by atoms with Gasteiger partial charge in [-0.1, -0.05) is 0 Å². The Labute approximate surface area is 126 Å². The number of hydrogen-bond donors (Lipinski definition) is 0. The second kappa shape index (κ2) is 5.91. The van der Waals surface area contributed by atoms with E-state index in [4.69, 9.17) is 0 Å². The van der Waals surface area contributed by atoms with Crippen LogP contribution >= 0.6 is 15.9 Å². The van der Waals surface area contributed by atoms with E-state index in [0.29, 0.717) is 5.56 Å². The number of carbonyl (C=O) groups is 1. The summed E-state index contributed by atoms with van der Waals surface area (Å²) in [6.45, 7) is 5.00. The molecule has 1 saturated heterocycles. The first-order chi connectivity index (χ1) is 9.40. The molecule has 6 heteroatoms. The molecule has 0 saturated carbocycles. The van der Waals surface area contributed by atoms with Crippen molar-refractivity contribution in [3.05, 3.63) is 32.3 Å². The molecule has 0 unspecified atom stereocenters. The zero-order valence-electron chi connectivity index (χ0n) is 11.6. The highest BCUT2D eigenvalue weighted by Crippen LogP contribution is 2.35. The molecule has 0 aliphatic carbocycles. The summed E-state index contributed by atoms with van der Waals surface area (Å²) in [7, 11) is 0. The lowest BCUT2D eigenvalue weighted by Gasteiger charge is -2.33. The molecule has 1 aromatic carbocycles. The number of piperidine rings is 1. The highest BCUT2D eigenvalue weighted by atomic mass is 79.9. The molecule has 108 valence electrons. The Kier molecular flexibility index (Phi) is 4.42. The first-order valence-corrected chi connectivity index (χ1v) is 7.39. The lowest BCUT2D eigenvalue weighted by Crippen LogP contribution is -2.36. The van der Waals surface area contributed by atoms with Gasteiger partial charge in [-0.15, -0.1) is 0 Å². The van der Waals surface area contributed by atoms with Crippen molar-refractivity contribution in [2.45, 2.75) is 26.7 Å². The Morgan fingerprint density at radius 2 is 2.00 bits per heavy atom. The number of nitro groups is 1. The van der Waals surface area contributed by atoms with Crippen molar-refractivity contribution in [3.8, 4) is 0 Å². The van der Waals surface area contributed by atoms with Crippen LogP contribution in [0.5, 0.6) is 0 Å². The summed E-state index contributed by atoms with van der Waals surface area (Å²) < 4.78 is 0.732. The van der Waals surface area contributed by atoms with Gasteiger partial charge in [-0.2, -0.15) is 0 Å². The molecule has 0 atom stereocenters. The number of carbonyl (C=O) groups excluding carboxylic acids is 1. The molecule has 0 N–H and O–H groups in total. The van der Waals surface area contributed by atoms with Crippen LogP contribution in [0.1, 0.15) is 25.3 Å². The van der Waals surface area contributed by atoms with E-state index >= 15 is 0 Å². The number of aryl methyl sites for hydroxylation is 1. The van der Waals surface area contributed by atoms with Gasteiger partial charge < -0.3 is 4.90 Å². The van der Waals surface area contributed by atoms with E-state index in [1.54, 1.807) is 19.9 Å². The molecule has 0 bridgehead atoms. The van der Waals surface area contributed by atoms with Crippen molar-refractivity contribution in [2.75, 3.05) is 18.0 Å². The third kappa shape index (κ3) is 3.00. The molecule has 0 radical (unpaired) electrons. The van der Waals surface area contributed by atoms with Gasteiger partial charge in [-0.25, -0.2) is 0 Å². The van der Waals surface area contributed by atoms with Gasteiger partial charge in [0.25, 0.3) is 5.69 Å². The van der Waals surface area contributed by atoms with Crippen LogP contribution in [0.3, 0.4) is 0 Å². The Morgan fingerprint density at radius 3 is 2.50 bits per heavy atom. The maximum atomic E-state index is 11.4. The van der Waals surface area contributed by atoms with Gasteiger partial charge in [0.2, 0.25) is 0 Å². The summed E-state index contributed by atoms with van der Waals surface area (Å²) in [4.78, 5) is 24.1. The molecule has 0 amide bonds. The number of Topliss-reactive ketones (excluding diaryl/α,β-unsaturated/α-hetero) is 1. The fraction of sp³-hybridized carbons (Fsp3) is 0.500. The third-order valence-corrected chi connectivity index (χ3v) is 4.51. The van der Waals surface area contributed by atoms with Gasteiger partial charge in [0.15, 0.2) is 0 Å². The first-order valence-electron chi connectivity index (χ1n) is 6.60. The largest absolute Gasteiger partial charge is 0.371 e. The monoisotopic (exact) mass is 340 g/mol. The number of nitrogens with zero attached hydrogens (tertiary/aromatic N) is 2. The summed E-state index contributed by atoms with van der Waals surface area (Å²) in [6, 6.07) is 3.40. The molecule has 0 aromatic heterocycles. The number of hydrogen-bond acceptors (Lipinski definition) is 4. The van der Waals surface area contributed by atoms with Crippen molar-refractivity contribution in [3.63, 3.8) is 0 Å². The van der Waals surface area contributed by atoms with E-state index in [-0.39, 0.29) is 22.3 Å². The van der Waals surface area contributed by atoms with Gasteiger partial charge in [0.05, 0.1) is 10.6 Å². The molecule has 1 aromatic rings. The number of rotatable bonds is 3. The van der Waals surface area contributed by atoms with Crippen LogP contribution in [0.25, 0.3) is 0 Å². The van der Waals surface area contributed by atoms with Crippen molar-refractivity contribution in [1.29, 1.82) is 0 Å². The topological polar surface area (TPSA) is 63.5 Å². The number of ketones is 1. The van der Waals surface area contributed by atoms with Crippen LogP contribution in [0.15, 0.2) is 16.6 Å². The van der Waals surface area contributed by atoms with Crippen LogP contribution in [0.4, 0.5) is 11.4 Å². The summed E-state index contributed by atoms with van der Waals surface area (Å²) in [6.07, 6.45) is 1.69. The maximum absolute atomic E-state index is 11.4. The van der Waals surface area contributed by atoms with Crippen LogP contribution < -0.4 is 4.90 Å². The molecule has 0 spiro atoms. The Morgan fingerprint density at radius 1 is 1.40 bits per heavy atom. The highest BCUT2D eigenvalue weighted by Gasteiger charge is 2.25. The quantitative estimate of drug-likeness (QED) is 0.624. The average molecular weight is 341 g/mol. The van der Waals surface area contributed by atoms with E-state index in [9.17, 15) is 14.9 Å². The van der Waals surface area contributed by atoms with Crippen LogP contribution in [0.2, 0.25) is 0 Å². The number of nitro benzene ring substituents is 1. The van der Waals surface area contributed by atoms with E-state index in [1.165, 1.54) is 0 Å². The van der Waals surface area contributed by atoms with Crippen LogP contribution in [0, 0.1) is 23.0 Å². The molecule has 2 rings (SSSR count). The molecule has 20 heavy (non-hydrogen) atoms. The summed E-state index contributed by atoms with van der Waals surface area (Å²) in [5.41, 5.74) is 1.75. The lowest BCUT2D eigenvalue weighted by molar-refractivity contribution is -0.385. The van der Waals surface area contributed by atoms with Crippen LogP contribution in [-0.4, -0.2) is 23.8 Å². The molecular formula is C14H17BrN2O3. The van der Waals surface area contributed by atoms with Crippen molar-refractivity contribution >= 4 is 33.1 Å². The smallest absolute Gasteiger partial charge is 0.273 e. The fourth-order valence-corrected chi connectivity index (χ4v) is 3.20. The van der Waals surface area contributed by atoms with Gasteiger partial charge in [-0.05, 0) is 48.7 Å². The second-order valence-corrected chi connectivity index (χ2v) is 6.07. The number of anilines is 1. The van der Waals surface area contributed by atoms with Crippen LogP contribution in [-0.2, 0) is 4.79 Å². The number of halogens is 1. The minimum Gasteiger partial charge on any atom is -0.371 e. The van der Waals surface area contributed by atoms with Gasteiger partial charge >= 0.3 is 0 Å². The van der Waals surface area contributed by atoms with Crippen molar-refractivity contribution in [1.82, 2.24) is 0 Å². The molecule has 1 aliphatic heterocycles. The molecule has 5 nitrogen and oxygen atoms in total. The number of benzene rings is 1. The van der Waals surface area contributed by atoms with Gasteiger partial charge in [-0.3, -0.25) is 14.9 Å².